The molecule has 144 valence electrons. The van der Waals surface area contributed by atoms with E-state index in [9.17, 15) is 13.5 Å². The number of hydrogen-bond acceptors (Lipinski definition) is 6. The molecular formula is C19H22N2O5S. The minimum absolute atomic E-state index is 0.0783. The predicted octanol–water partition coefficient (Wildman–Crippen LogP) is 1.46. The zero-order valence-electron chi connectivity index (χ0n) is 15.0. The summed E-state index contributed by atoms with van der Waals surface area (Å²) in [5.41, 5.74) is 3.03. The number of aliphatic hydroxyl groups excluding tert-OH is 1. The van der Waals surface area contributed by atoms with Crippen molar-refractivity contribution in [1.29, 1.82) is 0 Å². The standard InChI is InChI=1S/C19H22N2O5S/c1-21-7-6-13-10-14(2-4-16(13)21)17(22)12-20-27(23,24)15-3-5-18-19(11-15)26-9-8-25-18/h2-5,10-11,17,20,22H,6-9,12H2,1H3. The third-order valence-corrected chi connectivity index (χ3v) is 6.33. The van der Waals surface area contributed by atoms with Crippen molar-refractivity contribution in [2.75, 3.05) is 38.3 Å². The second-order valence-corrected chi connectivity index (χ2v) is 8.50. The van der Waals surface area contributed by atoms with Gasteiger partial charge in [-0.3, -0.25) is 0 Å². The number of anilines is 1. The van der Waals surface area contributed by atoms with Crippen LogP contribution in [-0.4, -0.2) is 46.9 Å². The van der Waals surface area contributed by atoms with Crippen LogP contribution in [0.2, 0.25) is 0 Å². The van der Waals surface area contributed by atoms with E-state index in [4.69, 9.17) is 9.47 Å². The molecule has 2 heterocycles. The normalized spacial score (nSPS) is 16.9. The summed E-state index contributed by atoms with van der Waals surface area (Å²) in [7, 11) is -1.74. The average molecular weight is 390 g/mol. The summed E-state index contributed by atoms with van der Waals surface area (Å²) in [6.45, 7) is 1.67. The van der Waals surface area contributed by atoms with Crippen LogP contribution in [0, 0.1) is 0 Å². The van der Waals surface area contributed by atoms with Gasteiger partial charge in [0, 0.05) is 31.9 Å². The lowest BCUT2D eigenvalue weighted by Crippen LogP contribution is -2.28. The van der Waals surface area contributed by atoms with Crippen molar-refractivity contribution in [1.82, 2.24) is 4.72 Å². The Morgan fingerprint density at radius 1 is 1.15 bits per heavy atom. The van der Waals surface area contributed by atoms with Crippen LogP contribution in [-0.2, 0) is 16.4 Å². The molecule has 2 aromatic rings. The van der Waals surface area contributed by atoms with E-state index in [0.29, 0.717) is 30.3 Å². The van der Waals surface area contributed by atoms with Crippen molar-refractivity contribution in [3.05, 3.63) is 47.5 Å². The topological polar surface area (TPSA) is 88.1 Å². The number of sulfonamides is 1. The molecule has 1 atom stereocenters. The number of nitrogens with one attached hydrogen (secondary N) is 1. The molecule has 0 aliphatic carbocycles. The number of likely N-dealkylation sites (N-methyl/N-ethyl adjacent to an activating group) is 1. The molecule has 2 aliphatic heterocycles. The van der Waals surface area contributed by atoms with Gasteiger partial charge in [-0.2, -0.15) is 0 Å². The van der Waals surface area contributed by atoms with E-state index in [1.54, 1.807) is 6.07 Å². The zero-order valence-corrected chi connectivity index (χ0v) is 15.8. The van der Waals surface area contributed by atoms with Crippen LogP contribution < -0.4 is 19.1 Å². The molecule has 2 N–H and O–H groups in total. The van der Waals surface area contributed by atoms with Gasteiger partial charge in [0.05, 0.1) is 11.0 Å². The number of rotatable bonds is 5. The van der Waals surface area contributed by atoms with Gasteiger partial charge in [0.25, 0.3) is 0 Å². The summed E-state index contributed by atoms with van der Waals surface area (Å²) in [6.07, 6.45) is 0.00294. The molecule has 0 spiro atoms. The van der Waals surface area contributed by atoms with Gasteiger partial charge in [-0.15, -0.1) is 0 Å². The lowest BCUT2D eigenvalue weighted by Gasteiger charge is -2.19. The van der Waals surface area contributed by atoms with E-state index in [1.807, 2.05) is 25.2 Å². The molecular weight excluding hydrogens is 368 g/mol. The largest absolute Gasteiger partial charge is 0.486 e. The Kier molecular flexibility index (Phi) is 4.71. The van der Waals surface area contributed by atoms with Crippen LogP contribution in [0.15, 0.2) is 41.3 Å². The van der Waals surface area contributed by atoms with Gasteiger partial charge >= 0.3 is 0 Å². The molecule has 0 aromatic heterocycles. The summed E-state index contributed by atoms with van der Waals surface area (Å²) in [6, 6.07) is 10.2. The molecule has 0 saturated carbocycles. The van der Waals surface area contributed by atoms with Crippen LogP contribution in [0.5, 0.6) is 11.5 Å². The van der Waals surface area contributed by atoms with Gasteiger partial charge in [-0.25, -0.2) is 13.1 Å². The van der Waals surface area contributed by atoms with Gasteiger partial charge in [0.1, 0.15) is 13.2 Å². The highest BCUT2D eigenvalue weighted by molar-refractivity contribution is 7.89. The quantitative estimate of drug-likeness (QED) is 0.804. The van der Waals surface area contributed by atoms with Crippen LogP contribution in [0.4, 0.5) is 5.69 Å². The maximum atomic E-state index is 12.6. The monoisotopic (exact) mass is 390 g/mol. The molecule has 2 aromatic carbocycles. The van der Waals surface area contributed by atoms with E-state index < -0.39 is 16.1 Å². The predicted molar refractivity (Wildman–Crippen MR) is 101 cm³/mol. The first-order chi connectivity index (χ1) is 12.9. The minimum atomic E-state index is -3.77. The minimum Gasteiger partial charge on any atom is -0.486 e. The van der Waals surface area contributed by atoms with Crippen molar-refractivity contribution in [3.8, 4) is 11.5 Å². The summed E-state index contributed by atoms with van der Waals surface area (Å²) >= 11 is 0. The molecule has 27 heavy (non-hydrogen) atoms. The second kappa shape index (κ2) is 7.03. The molecule has 8 heteroatoms. The third kappa shape index (κ3) is 3.60. The van der Waals surface area contributed by atoms with Gasteiger partial charge in [0.2, 0.25) is 10.0 Å². The first kappa shape index (κ1) is 18.1. The molecule has 0 bridgehead atoms. The summed E-state index contributed by atoms with van der Waals surface area (Å²) in [4.78, 5) is 2.24. The average Bonchev–Trinajstić information content (AvgIpc) is 3.06. The maximum absolute atomic E-state index is 12.6. The molecule has 0 radical (unpaired) electrons. The number of benzene rings is 2. The van der Waals surface area contributed by atoms with Gasteiger partial charge in [0.15, 0.2) is 11.5 Å². The zero-order chi connectivity index (χ0) is 19.0. The van der Waals surface area contributed by atoms with Crippen molar-refractivity contribution in [2.24, 2.45) is 0 Å². The van der Waals surface area contributed by atoms with Crippen molar-refractivity contribution in [3.63, 3.8) is 0 Å². The van der Waals surface area contributed by atoms with Gasteiger partial charge in [-0.1, -0.05) is 12.1 Å². The number of fused-ring (bicyclic) bond motifs is 2. The maximum Gasteiger partial charge on any atom is 0.240 e. The molecule has 4 rings (SSSR count). The number of nitrogens with zero attached hydrogens (tertiary/aromatic N) is 1. The Balaban J connectivity index is 1.46. The Labute approximate surface area is 158 Å². The molecule has 0 amide bonds. The fourth-order valence-corrected chi connectivity index (χ4v) is 4.43. The lowest BCUT2D eigenvalue weighted by atomic mass is 10.0. The van der Waals surface area contributed by atoms with Crippen LogP contribution in [0.1, 0.15) is 17.2 Å². The number of hydrogen-bond donors (Lipinski definition) is 2. The highest BCUT2D eigenvalue weighted by Gasteiger charge is 2.22. The Hall–Kier alpha value is -2.29. The number of aliphatic hydroxyl groups is 1. The molecule has 7 nitrogen and oxygen atoms in total. The third-order valence-electron chi connectivity index (χ3n) is 4.91. The van der Waals surface area contributed by atoms with E-state index in [-0.39, 0.29) is 11.4 Å². The lowest BCUT2D eigenvalue weighted by molar-refractivity contribution is 0.171. The fraction of sp³-hybridized carbons (Fsp3) is 0.368. The Morgan fingerprint density at radius 2 is 1.93 bits per heavy atom. The van der Waals surface area contributed by atoms with Crippen LogP contribution in [0.25, 0.3) is 0 Å². The summed E-state index contributed by atoms with van der Waals surface area (Å²) in [5.74, 6) is 0.941. The van der Waals surface area contributed by atoms with Gasteiger partial charge < -0.3 is 19.5 Å². The van der Waals surface area contributed by atoms with Crippen LogP contribution >= 0.6 is 0 Å². The summed E-state index contributed by atoms with van der Waals surface area (Å²) < 4.78 is 38.4. The highest BCUT2D eigenvalue weighted by Crippen LogP contribution is 2.32. The van der Waals surface area contributed by atoms with Crippen molar-refractivity contribution in [2.45, 2.75) is 17.4 Å². The fourth-order valence-electron chi connectivity index (χ4n) is 3.37. The first-order valence-electron chi connectivity index (χ1n) is 8.85. The SMILES string of the molecule is CN1CCc2cc(C(O)CNS(=O)(=O)c3ccc4c(c3)OCCO4)ccc21. The van der Waals surface area contributed by atoms with Crippen LogP contribution in [0.3, 0.4) is 0 Å². The van der Waals surface area contributed by atoms with E-state index in [0.717, 1.165) is 18.7 Å². The van der Waals surface area contributed by atoms with E-state index in [1.165, 1.54) is 17.7 Å². The van der Waals surface area contributed by atoms with Crippen molar-refractivity contribution < 1.29 is 23.0 Å². The molecule has 1 unspecified atom stereocenters. The molecule has 0 fully saturated rings. The smallest absolute Gasteiger partial charge is 0.240 e. The van der Waals surface area contributed by atoms with E-state index >= 15 is 0 Å². The second-order valence-electron chi connectivity index (χ2n) is 6.73. The van der Waals surface area contributed by atoms with Crippen molar-refractivity contribution >= 4 is 15.7 Å². The number of ether oxygens (including phenoxy) is 2. The molecule has 0 saturated heterocycles. The Morgan fingerprint density at radius 3 is 2.74 bits per heavy atom. The van der Waals surface area contributed by atoms with E-state index in [2.05, 4.69) is 9.62 Å². The summed E-state index contributed by atoms with van der Waals surface area (Å²) in [5, 5.41) is 10.4. The Bertz CT molecular complexity index is 961. The first-order valence-corrected chi connectivity index (χ1v) is 10.3. The highest BCUT2D eigenvalue weighted by atomic mass is 32.2. The van der Waals surface area contributed by atoms with Gasteiger partial charge in [-0.05, 0) is 35.7 Å². The molecule has 2 aliphatic rings.